The van der Waals surface area contributed by atoms with E-state index in [4.69, 9.17) is 4.74 Å². The molecule has 6 nitrogen and oxygen atoms in total. The van der Waals surface area contributed by atoms with Crippen molar-refractivity contribution in [3.05, 3.63) is 30.1 Å². The fourth-order valence-electron chi connectivity index (χ4n) is 2.55. The van der Waals surface area contributed by atoms with Crippen LogP contribution in [0.1, 0.15) is 19.8 Å². The number of benzene rings is 1. The molecule has 0 spiro atoms. The summed E-state index contributed by atoms with van der Waals surface area (Å²) in [7, 11) is 0. The van der Waals surface area contributed by atoms with Gasteiger partial charge in [0.15, 0.2) is 5.60 Å². The van der Waals surface area contributed by atoms with Crippen molar-refractivity contribution in [1.29, 1.82) is 0 Å². The lowest BCUT2D eigenvalue weighted by molar-refractivity contribution is -0.150. The van der Waals surface area contributed by atoms with Gasteiger partial charge in [-0.3, -0.25) is 9.59 Å². The third-order valence-corrected chi connectivity index (χ3v) is 3.79. The predicted molar refractivity (Wildman–Crippen MR) is 81.3 cm³/mol. The van der Waals surface area contributed by atoms with Gasteiger partial charge in [0.2, 0.25) is 5.91 Å². The van der Waals surface area contributed by atoms with Crippen molar-refractivity contribution in [1.82, 2.24) is 10.2 Å². The van der Waals surface area contributed by atoms with Gasteiger partial charge in [0.05, 0.1) is 13.1 Å². The van der Waals surface area contributed by atoms with Crippen molar-refractivity contribution in [2.24, 2.45) is 0 Å². The molecule has 126 valence electrons. The first-order chi connectivity index (χ1) is 10.9. The Kier molecular flexibility index (Phi) is 5.54. The standard InChI is InChI=1S/C16H21FN2O4/c1-12(20)19-8-3-6-16(22,11-19)15(21)18-7-9-23-14-5-2-4-13(17)10-14/h2,4-5,10,22H,3,6-9,11H2,1H3,(H,18,21)/t16-/m0/s1. The Morgan fingerprint density at radius 2 is 2.26 bits per heavy atom. The molecule has 0 aromatic heterocycles. The molecule has 0 saturated carbocycles. The maximum Gasteiger partial charge on any atom is 0.253 e. The number of amides is 2. The van der Waals surface area contributed by atoms with E-state index in [0.29, 0.717) is 25.1 Å². The van der Waals surface area contributed by atoms with Crippen molar-refractivity contribution in [3.63, 3.8) is 0 Å². The number of nitrogens with zero attached hydrogens (tertiary/aromatic N) is 1. The lowest BCUT2D eigenvalue weighted by Crippen LogP contribution is -2.58. The Labute approximate surface area is 134 Å². The molecule has 1 saturated heterocycles. The monoisotopic (exact) mass is 324 g/mol. The van der Waals surface area contributed by atoms with Crippen LogP contribution in [0, 0.1) is 5.82 Å². The zero-order valence-corrected chi connectivity index (χ0v) is 13.0. The van der Waals surface area contributed by atoms with E-state index in [1.54, 1.807) is 6.07 Å². The molecule has 1 heterocycles. The van der Waals surface area contributed by atoms with Crippen LogP contribution in [0.5, 0.6) is 5.75 Å². The number of ether oxygens (including phenoxy) is 1. The van der Waals surface area contributed by atoms with Gasteiger partial charge in [-0.05, 0) is 25.0 Å². The van der Waals surface area contributed by atoms with Crippen LogP contribution in [0.4, 0.5) is 4.39 Å². The second-order valence-corrected chi connectivity index (χ2v) is 5.64. The normalized spacial score (nSPS) is 20.9. The largest absolute Gasteiger partial charge is 0.492 e. The van der Waals surface area contributed by atoms with Crippen molar-refractivity contribution < 1.29 is 23.8 Å². The molecule has 23 heavy (non-hydrogen) atoms. The van der Waals surface area contributed by atoms with Gasteiger partial charge in [-0.25, -0.2) is 4.39 Å². The molecule has 0 radical (unpaired) electrons. The molecule has 1 aromatic rings. The minimum atomic E-state index is -1.57. The first kappa shape index (κ1) is 17.2. The van der Waals surface area contributed by atoms with Crippen molar-refractivity contribution in [2.45, 2.75) is 25.4 Å². The van der Waals surface area contributed by atoms with Gasteiger partial charge in [-0.2, -0.15) is 0 Å². The van der Waals surface area contributed by atoms with Gasteiger partial charge in [-0.1, -0.05) is 6.07 Å². The summed E-state index contributed by atoms with van der Waals surface area (Å²) in [4.78, 5) is 25.0. The number of halogens is 1. The summed E-state index contributed by atoms with van der Waals surface area (Å²) >= 11 is 0. The van der Waals surface area contributed by atoms with E-state index < -0.39 is 17.3 Å². The SMILES string of the molecule is CC(=O)N1CCC[C@@](O)(C(=O)NCCOc2cccc(F)c2)C1. The molecule has 1 aromatic carbocycles. The summed E-state index contributed by atoms with van der Waals surface area (Å²) in [6.45, 7) is 2.29. The van der Waals surface area contributed by atoms with Crippen LogP contribution in [0.15, 0.2) is 24.3 Å². The van der Waals surface area contributed by atoms with Crippen molar-refractivity contribution in [3.8, 4) is 5.75 Å². The third kappa shape index (κ3) is 4.66. The van der Waals surface area contributed by atoms with Crippen LogP contribution in [-0.2, 0) is 9.59 Å². The molecule has 0 aliphatic carbocycles. The minimum Gasteiger partial charge on any atom is -0.492 e. The number of nitrogens with one attached hydrogen (secondary N) is 1. The summed E-state index contributed by atoms with van der Waals surface area (Å²) in [6, 6.07) is 5.71. The Bertz CT molecular complexity index is 581. The number of β-amino-alcohol motifs (C(OH)–C–C–N with tert-alkyl or cyclic N) is 1. The van der Waals surface area contributed by atoms with Crippen LogP contribution in [0.25, 0.3) is 0 Å². The van der Waals surface area contributed by atoms with Gasteiger partial charge >= 0.3 is 0 Å². The summed E-state index contributed by atoms with van der Waals surface area (Å²) in [5.74, 6) is -0.706. The number of carbonyl (C=O) groups excluding carboxylic acids is 2. The molecule has 1 fully saturated rings. The second-order valence-electron chi connectivity index (χ2n) is 5.64. The zero-order valence-electron chi connectivity index (χ0n) is 13.0. The Balaban J connectivity index is 1.78. The van der Waals surface area contributed by atoms with Gasteiger partial charge < -0.3 is 20.1 Å². The van der Waals surface area contributed by atoms with E-state index in [1.165, 1.54) is 30.0 Å². The smallest absolute Gasteiger partial charge is 0.253 e. The maximum atomic E-state index is 13.0. The predicted octanol–water partition coefficient (Wildman–Crippen LogP) is 0.694. The van der Waals surface area contributed by atoms with E-state index in [2.05, 4.69) is 5.32 Å². The molecule has 1 aliphatic rings. The number of hydrogen-bond acceptors (Lipinski definition) is 4. The van der Waals surface area contributed by atoms with Crippen LogP contribution in [0.3, 0.4) is 0 Å². The van der Waals surface area contributed by atoms with Gasteiger partial charge in [0.1, 0.15) is 18.2 Å². The molecule has 1 aliphatic heterocycles. The number of piperidine rings is 1. The summed E-state index contributed by atoms with van der Waals surface area (Å²) in [6.07, 6.45) is 0.886. The maximum absolute atomic E-state index is 13.0. The molecule has 7 heteroatoms. The van der Waals surface area contributed by atoms with Crippen LogP contribution < -0.4 is 10.1 Å². The number of likely N-dealkylation sites (tertiary alicyclic amines) is 1. The highest BCUT2D eigenvalue weighted by molar-refractivity contribution is 5.86. The van der Waals surface area contributed by atoms with Gasteiger partial charge in [-0.15, -0.1) is 0 Å². The van der Waals surface area contributed by atoms with Crippen molar-refractivity contribution >= 4 is 11.8 Å². The number of carbonyl (C=O) groups is 2. The average Bonchev–Trinajstić information content (AvgIpc) is 2.51. The zero-order chi connectivity index (χ0) is 16.9. The van der Waals surface area contributed by atoms with E-state index >= 15 is 0 Å². The molecular weight excluding hydrogens is 303 g/mol. The first-order valence-electron chi connectivity index (χ1n) is 7.55. The number of rotatable bonds is 5. The summed E-state index contributed by atoms with van der Waals surface area (Å²) in [5, 5.41) is 13.0. The fraction of sp³-hybridized carbons (Fsp3) is 0.500. The lowest BCUT2D eigenvalue weighted by atomic mass is 9.92. The Morgan fingerprint density at radius 1 is 1.48 bits per heavy atom. The molecule has 2 N–H and O–H groups in total. The highest BCUT2D eigenvalue weighted by Gasteiger charge is 2.40. The molecular formula is C16H21FN2O4. The van der Waals surface area contributed by atoms with Gasteiger partial charge in [0.25, 0.3) is 5.91 Å². The molecule has 2 rings (SSSR count). The van der Waals surface area contributed by atoms with Crippen molar-refractivity contribution in [2.75, 3.05) is 26.2 Å². The highest BCUT2D eigenvalue weighted by Crippen LogP contribution is 2.21. The second kappa shape index (κ2) is 7.41. The van der Waals surface area contributed by atoms with E-state index in [0.717, 1.165) is 0 Å². The van der Waals surface area contributed by atoms with E-state index in [9.17, 15) is 19.1 Å². The Morgan fingerprint density at radius 3 is 2.96 bits per heavy atom. The van der Waals surface area contributed by atoms with E-state index in [-0.39, 0.29) is 25.6 Å². The summed E-state index contributed by atoms with van der Waals surface area (Å²) < 4.78 is 18.3. The topological polar surface area (TPSA) is 78.9 Å². The Hall–Kier alpha value is -2.15. The molecule has 1 atom stereocenters. The van der Waals surface area contributed by atoms with Crippen LogP contribution in [0.2, 0.25) is 0 Å². The molecule has 2 amide bonds. The quantitative estimate of drug-likeness (QED) is 0.781. The van der Waals surface area contributed by atoms with Crippen LogP contribution in [-0.4, -0.2) is 53.7 Å². The first-order valence-corrected chi connectivity index (χ1v) is 7.55. The average molecular weight is 324 g/mol. The third-order valence-electron chi connectivity index (χ3n) is 3.79. The molecule has 0 bridgehead atoms. The lowest BCUT2D eigenvalue weighted by Gasteiger charge is -2.37. The minimum absolute atomic E-state index is 0.00107. The van der Waals surface area contributed by atoms with Crippen LogP contribution >= 0.6 is 0 Å². The molecule has 0 unspecified atom stereocenters. The number of aliphatic hydroxyl groups is 1. The van der Waals surface area contributed by atoms with Gasteiger partial charge in [0, 0.05) is 19.5 Å². The number of hydrogen-bond donors (Lipinski definition) is 2. The fourth-order valence-corrected chi connectivity index (χ4v) is 2.55. The highest BCUT2D eigenvalue weighted by atomic mass is 19.1. The summed E-state index contributed by atoms with van der Waals surface area (Å²) in [5.41, 5.74) is -1.57. The van der Waals surface area contributed by atoms with E-state index in [1.807, 2.05) is 0 Å².